The van der Waals surface area contributed by atoms with Crippen molar-refractivity contribution in [2.75, 3.05) is 6.61 Å². The van der Waals surface area contributed by atoms with Gasteiger partial charge in [-0.3, -0.25) is 0 Å². The van der Waals surface area contributed by atoms with E-state index in [0.717, 1.165) is 41.6 Å². The Kier molecular flexibility index (Phi) is 5.65. The van der Waals surface area contributed by atoms with Crippen molar-refractivity contribution in [2.45, 2.75) is 57.7 Å². The Morgan fingerprint density at radius 1 is 1.35 bits per heavy atom. The lowest BCUT2D eigenvalue weighted by atomic mass is 9.75. The van der Waals surface area contributed by atoms with Crippen molar-refractivity contribution < 1.29 is 9.84 Å². The Morgan fingerprint density at radius 3 is 2.60 bits per heavy atom. The minimum atomic E-state index is -0.436. The molecule has 0 aliphatic heterocycles. The van der Waals surface area contributed by atoms with Gasteiger partial charge in [0.15, 0.2) is 0 Å². The molecule has 0 heterocycles. The third-order valence-corrected chi connectivity index (χ3v) is 5.30. The molecular weight excluding hydrogens is 316 g/mol. The van der Waals surface area contributed by atoms with E-state index in [1.807, 2.05) is 25.1 Å². The molecule has 0 saturated heterocycles. The average Bonchev–Trinajstić information content (AvgIpc) is 2.44. The van der Waals surface area contributed by atoms with Crippen LogP contribution in [0.25, 0.3) is 0 Å². The first kappa shape index (κ1) is 16.0. The van der Waals surface area contributed by atoms with Gasteiger partial charge in [-0.05, 0) is 50.2 Å². The zero-order valence-electron chi connectivity index (χ0n) is 12.4. The Labute approximate surface area is 130 Å². The lowest BCUT2D eigenvalue weighted by Gasteiger charge is -2.42. The molecule has 1 aromatic rings. The van der Waals surface area contributed by atoms with Gasteiger partial charge in [-0.15, -0.1) is 0 Å². The highest BCUT2D eigenvalue weighted by Gasteiger charge is 2.41. The fourth-order valence-corrected chi connectivity index (χ4v) is 3.62. The van der Waals surface area contributed by atoms with Crippen LogP contribution in [-0.2, 0) is 11.2 Å². The van der Waals surface area contributed by atoms with Crippen molar-refractivity contribution in [1.29, 1.82) is 0 Å². The number of benzene rings is 1. The molecule has 1 aromatic carbocycles. The van der Waals surface area contributed by atoms with Crippen LogP contribution in [0.1, 0.15) is 45.1 Å². The lowest BCUT2D eigenvalue weighted by molar-refractivity contribution is -0.143. The maximum Gasteiger partial charge on any atom is 0.0943 e. The van der Waals surface area contributed by atoms with Gasteiger partial charge >= 0.3 is 0 Å². The van der Waals surface area contributed by atoms with Crippen LogP contribution in [-0.4, -0.2) is 23.4 Å². The van der Waals surface area contributed by atoms with Crippen LogP contribution >= 0.6 is 15.9 Å². The highest BCUT2D eigenvalue weighted by atomic mass is 79.9. The first-order chi connectivity index (χ1) is 9.57. The fourth-order valence-electron chi connectivity index (χ4n) is 3.17. The lowest BCUT2D eigenvalue weighted by Crippen LogP contribution is -2.48. The second kappa shape index (κ2) is 7.06. The van der Waals surface area contributed by atoms with E-state index in [-0.39, 0.29) is 5.60 Å². The highest BCUT2D eigenvalue weighted by Crippen LogP contribution is 2.38. The van der Waals surface area contributed by atoms with Gasteiger partial charge in [-0.25, -0.2) is 0 Å². The smallest absolute Gasteiger partial charge is 0.0943 e. The van der Waals surface area contributed by atoms with Crippen LogP contribution in [0.2, 0.25) is 0 Å². The molecule has 1 N–H and O–H groups in total. The summed E-state index contributed by atoms with van der Waals surface area (Å²) in [5.74, 6) is 0.749. The molecule has 0 radical (unpaired) electrons. The number of halogens is 1. The molecule has 2 nitrogen and oxygen atoms in total. The third-order valence-electron chi connectivity index (χ3n) is 4.53. The molecule has 0 aromatic heterocycles. The Hall–Kier alpha value is -0.380. The summed E-state index contributed by atoms with van der Waals surface area (Å²) in [4.78, 5) is 0. The van der Waals surface area contributed by atoms with Gasteiger partial charge in [0, 0.05) is 17.5 Å². The van der Waals surface area contributed by atoms with E-state index < -0.39 is 6.10 Å². The summed E-state index contributed by atoms with van der Waals surface area (Å²) < 4.78 is 7.09. The Balaban J connectivity index is 2.11. The monoisotopic (exact) mass is 340 g/mol. The average molecular weight is 341 g/mol. The quantitative estimate of drug-likeness (QED) is 0.863. The number of rotatable bonds is 5. The van der Waals surface area contributed by atoms with E-state index in [1.165, 1.54) is 0 Å². The van der Waals surface area contributed by atoms with Crippen molar-refractivity contribution in [3.05, 3.63) is 34.3 Å². The van der Waals surface area contributed by atoms with Gasteiger partial charge < -0.3 is 9.84 Å². The van der Waals surface area contributed by atoms with E-state index in [9.17, 15) is 5.11 Å². The molecule has 1 unspecified atom stereocenters. The molecule has 0 spiro atoms. The van der Waals surface area contributed by atoms with Gasteiger partial charge in [0.25, 0.3) is 0 Å². The van der Waals surface area contributed by atoms with Crippen LogP contribution in [0.4, 0.5) is 0 Å². The fraction of sp³-hybridized carbons (Fsp3) is 0.647. The molecule has 1 aliphatic carbocycles. The number of hydrogen-bond donors (Lipinski definition) is 1. The first-order valence-corrected chi connectivity index (χ1v) is 8.42. The largest absolute Gasteiger partial charge is 0.390 e. The van der Waals surface area contributed by atoms with Crippen LogP contribution in [0, 0.1) is 5.92 Å². The number of aliphatic hydroxyl groups excluding tert-OH is 1. The normalized spacial score (nSPS) is 28.3. The van der Waals surface area contributed by atoms with Crippen molar-refractivity contribution in [2.24, 2.45) is 5.92 Å². The topological polar surface area (TPSA) is 29.5 Å². The van der Waals surface area contributed by atoms with Gasteiger partial charge in [0.2, 0.25) is 0 Å². The van der Waals surface area contributed by atoms with Gasteiger partial charge in [0.05, 0.1) is 11.7 Å². The highest BCUT2D eigenvalue weighted by molar-refractivity contribution is 9.10. The zero-order valence-corrected chi connectivity index (χ0v) is 14.0. The van der Waals surface area contributed by atoms with Crippen LogP contribution in [0.15, 0.2) is 28.7 Å². The molecule has 0 amide bonds. The van der Waals surface area contributed by atoms with Crippen LogP contribution < -0.4 is 0 Å². The van der Waals surface area contributed by atoms with E-state index in [2.05, 4.69) is 28.9 Å². The molecule has 112 valence electrons. The minimum absolute atomic E-state index is 0.351. The van der Waals surface area contributed by atoms with Crippen molar-refractivity contribution >= 4 is 15.9 Å². The van der Waals surface area contributed by atoms with E-state index in [1.54, 1.807) is 0 Å². The molecule has 20 heavy (non-hydrogen) atoms. The molecule has 1 fully saturated rings. The van der Waals surface area contributed by atoms with Crippen molar-refractivity contribution in [1.82, 2.24) is 0 Å². The first-order valence-electron chi connectivity index (χ1n) is 7.63. The van der Waals surface area contributed by atoms with Gasteiger partial charge in [0.1, 0.15) is 0 Å². The SMILES string of the molecule is CCOC1(C(O)Cc2ccccc2Br)CCC(C)CC1. The molecular formula is C17H25BrO2. The second-order valence-corrected chi connectivity index (χ2v) is 6.85. The predicted molar refractivity (Wildman–Crippen MR) is 85.8 cm³/mol. The molecule has 1 saturated carbocycles. The summed E-state index contributed by atoms with van der Waals surface area (Å²) in [7, 11) is 0. The summed E-state index contributed by atoms with van der Waals surface area (Å²) in [6.45, 7) is 4.97. The van der Waals surface area contributed by atoms with Crippen molar-refractivity contribution in [3.63, 3.8) is 0 Å². The van der Waals surface area contributed by atoms with Crippen molar-refractivity contribution in [3.8, 4) is 0 Å². The summed E-state index contributed by atoms with van der Waals surface area (Å²) in [5.41, 5.74) is 0.800. The second-order valence-electron chi connectivity index (χ2n) is 5.99. The number of ether oxygens (including phenoxy) is 1. The summed E-state index contributed by atoms with van der Waals surface area (Å²) >= 11 is 3.56. The molecule has 0 bridgehead atoms. The summed E-state index contributed by atoms with van der Waals surface area (Å²) in [6.07, 6.45) is 4.44. The maximum absolute atomic E-state index is 10.8. The minimum Gasteiger partial charge on any atom is -0.390 e. The third kappa shape index (κ3) is 3.63. The standard InChI is InChI=1S/C17H25BrO2/c1-3-20-17(10-8-13(2)9-11-17)16(19)12-14-6-4-5-7-15(14)18/h4-7,13,16,19H,3,8-12H2,1-2H3. The van der Waals surface area contributed by atoms with E-state index in [0.29, 0.717) is 13.0 Å². The summed E-state index contributed by atoms with van der Waals surface area (Å²) in [5, 5.41) is 10.8. The van der Waals surface area contributed by atoms with Crippen LogP contribution in [0.5, 0.6) is 0 Å². The van der Waals surface area contributed by atoms with Crippen LogP contribution in [0.3, 0.4) is 0 Å². The van der Waals surface area contributed by atoms with Gasteiger partial charge in [-0.1, -0.05) is 41.1 Å². The molecule has 1 aliphatic rings. The van der Waals surface area contributed by atoms with E-state index in [4.69, 9.17) is 4.74 Å². The number of aliphatic hydroxyl groups is 1. The van der Waals surface area contributed by atoms with Gasteiger partial charge in [-0.2, -0.15) is 0 Å². The number of hydrogen-bond acceptors (Lipinski definition) is 2. The zero-order chi connectivity index (χ0) is 14.6. The molecule has 3 heteroatoms. The Morgan fingerprint density at radius 2 is 2.00 bits per heavy atom. The molecule has 2 rings (SSSR count). The predicted octanol–water partition coefficient (Wildman–Crippen LogP) is 4.34. The molecule has 1 atom stereocenters. The van der Waals surface area contributed by atoms with E-state index >= 15 is 0 Å². The summed E-state index contributed by atoms with van der Waals surface area (Å²) in [6, 6.07) is 8.11. The Bertz CT molecular complexity index is 425. The maximum atomic E-state index is 10.8.